The number of carbonyl (C=O) groups excluding carboxylic acids is 1. The van der Waals surface area contributed by atoms with Crippen LogP contribution in [0, 0.1) is 0 Å². The molecule has 0 saturated heterocycles. The highest BCUT2D eigenvalue weighted by atomic mass is 79.9. The van der Waals surface area contributed by atoms with Crippen molar-refractivity contribution in [2.24, 2.45) is 0 Å². The normalized spacial score (nSPS) is 10.6. The summed E-state index contributed by atoms with van der Waals surface area (Å²) in [7, 11) is 0. The minimum Gasteiger partial charge on any atom is -0.494 e. The molecule has 1 amide bonds. The van der Waals surface area contributed by atoms with Gasteiger partial charge in [-0.05, 0) is 71.4 Å². The molecule has 1 aromatic heterocycles. The van der Waals surface area contributed by atoms with Crippen molar-refractivity contribution < 1.29 is 13.9 Å². The van der Waals surface area contributed by atoms with Crippen LogP contribution in [0.25, 0.3) is 22.8 Å². The third-order valence-electron chi connectivity index (χ3n) is 4.48. The molecule has 0 aliphatic carbocycles. The number of benzene rings is 3. The number of halogens is 1. The first-order chi connectivity index (χ1) is 14.7. The minimum absolute atomic E-state index is 0.238. The van der Waals surface area contributed by atoms with Gasteiger partial charge in [0.1, 0.15) is 5.75 Å². The molecule has 0 unspecified atom stereocenters. The third kappa shape index (κ3) is 4.28. The number of anilines is 1. The van der Waals surface area contributed by atoms with Gasteiger partial charge >= 0.3 is 0 Å². The highest BCUT2D eigenvalue weighted by Crippen LogP contribution is 2.30. The topological polar surface area (TPSA) is 64.4 Å². The molecule has 0 aliphatic rings. The van der Waals surface area contributed by atoms with Crippen LogP contribution in [0.4, 0.5) is 5.69 Å². The number of carbonyl (C=O) groups is 1. The molecule has 150 valence electrons. The van der Waals surface area contributed by atoms with E-state index in [1.54, 1.807) is 12.3 Å². The maximum atomic E-state index is 12.9. The summed E-state index contributed by atoms with van der Waals surface area (Å²) < 4.78 is 12.3. The zero-order chi connectivity index (χ0) is 20.9. The summed E-state index contributed by atoms with van der Waals surface area (Å²) in [6.45, 7) is 2.56. The fourth-order valence-corrected chi connectivity index (χ4v) is 3.42. The summed E-state index contributed by atoms with van der Waals surface area (Å²) >= 11 is 3.45. The molecule has 3 aromatic carbocycles. The monoisotopic (exact) mass is 462 g/mol. The lowest BCUT2D eigenvalue weighted by molar-refractivity contribution is 0.102. The van der Waals surface area contributed by atoms with E-state index in [9.17, 15) is 4.79 Å². The van der Waals surface area contributed by atoms with Gasteiger partial charge in [-0.1, -0.05) is 24.3 Å². The largest absolute Gasteiger partial charge is 0.494 e. The van der Waals surface area contributed by atoms with E-state index >= 15 is 0 Å². The maximum absolute atomic E-state index is 12.9. The average molecular weight is 463 g/mol. The molecule has 0 saturated carbocycles. The van der Waals surface area contributed by atoms with Crippen molar-refractivity contribution in [2.45, 2.75) is 6.92 Å². The number of oxazole rings is 1. The quantitative estimate of drug-likeness (QED) is 0.358. The van der Waals surface area contributed by atoms with Crippen molar-refractivity contribution in [3.05, 3.63) is 89.0 Å². The Labute approximate surface area is 182 Å². The van der Waals surface area contributed by atoms with Gasteiger partial charge in [-0.15, -0.1) is 0 Å². The molecule has 5 nitrogen and oxygen atoms in total. The van der Waals surface area contributed by atoms with Crippen LogP contribution in [0.5, 0.6) is 5.75 Å². The molecule has 0 radical (unpaired) electrons. The van der Waals surface area contributed by atoms with Gasteiger partial charge < -0.3 is 14.5 Å². The van der Waals surface area contributed by atoms with E-state index in [2.05, 4.69) is 26.2 Å². The Hall–Kier alpha value is -3.38. The summed E-state index contributed by atoms with van der Waals surface area (Å²) in [6, 6.07) is 22.3. The molecule has 4 rings (SSSR count). The van der Waals surface area contributed by atoms with Gasteiger partial charge in [0.15, 0.2) is 5.76 Å². The highest BCUT2D eigenvalue weighted by molar-refractivity contribution is 9.10. The van der Waals surface area contributed by atoms with Gasteiger partial charge in [-0.3, -0.25) is 4.79 Å². The Balaban J connectivity index is 1.61. The van der Waals surface area contributed by atoms with Crippen molar-refractivity contribution >= 4 is 27.5 Å². The van der Waals surface area contributed by atoms with Crippen molar-refractivity contribution in [3.8, 4) is 28.5 Å². The maximum Gasteiger partial charge on any atom is 0.256 e. The second-order valence-corrected chi connectivity index (χ2v) is 7.32. The summed E-state index contributed by atoms with van der Waals surface area (Å²) in [5.74, 6) is 1.57. The SMILES string of the molecule is CCOc1ccc(-c2cnc(-c3ccccc3C(=O)Nc3ccccc3Br)o2)cc1. The minimum atomic E-state index is -0.238. The summed E-state index contributed by atoms with van der Waals surface area (Å²) in [4.78, 5) is 17.3. The van der Waals surface area contributed by atoms with Crippen LogP contribution in [0.1, 0.15) is 17.3 Å². The van der Waals surface area contributed by atoms with E-state index < -0.39 is 0 Å². The Bertz CT molecular complexity index is 1170. The number of nitrogens with one attached hydrogen (secondary N) is 1. The molecule has 0 spiro atoms. The van der Waals surface area contributed by atoms with Crippen molar-refractivity contribution in [1.29, 1.82) is 0 Å². The van der Waals surface area contributed by atoms with Gasteiger partial charge in [-0.2, -0.15) is 0 Å². The summed E-state index contributed by atoms with van der Waals surface area (Å²) in [5, 5.41) is 2.92. The lowest BCUT2D eigenvalue weighted by Crippen LogP contribution is -2.13. The Morgan fingerprint density at radius 2 is 1.77 bits per heavy atom. The second kappa shape index (κ2) is 8.97. The predicted octanol–water partition coefficient (Wildman–Crippen LogP) is 6.42. The van der Waals surface area contributed by atoms with E-state index in [4.69, 9.17) is 9.15 Å². The number of para-hydroxylation sites is 1. The molecule has 4 aromatic rings. The molecule has 0 aliphatic heterocycles. The molecular formula is C24H19BrN2O3. The molecule has 30 heavy (non-hydrogen) atoms. The fraction of sp³-hybridized carbons (Fsp3) is 0.0833. The van der Waals surface area contributed by atoms with Gasteiger partial charge in [-0.25, -0.2) is 4.98 Å². The Morgan fingerprint density at radius 3 is 2.53 bits per heavy atom. The zero-order valence-electron chi connectivity index (χ0n) is 16.3. The Kier molecular flexibility index (Phi) is 5.95. The molecule has 0 atom stereocenters. The molecule has 0 bridgehead atoms. The number of hydrogen-bond acceptors (Lipinski definition) is 4. The van der Waals surface area contributed by atoms with Crippen LogP contribution in [0.15, 0.2) is 87.9 Å². The van der Waals surface area contributed by atoms with Crippen molar-refractivity contribution in [2.75, 3.05) is 11.9 Å². The number of hydrogen-bond donors (Lipinski definition) is 1. The highest BCUT2D eigenvalue weighted by Gasteiger charge is 2.17. The number of nitrogens with zero attached hydrogens (tertiary/aromatic N) is 1. The lowest BCUT2D eigenvalue weighted by Gasteiger charge is -2.09. The summed E-state index contributed by atoms with van der Waals surface area (Å²) in [5.41, 5.74) is 2.68. The van der Waals surface area contributed by atoms with Crippen LogP contribution in [-0.2, 0) is 0 Å². The van der Waals surface area contributed by atoms with Crippen LogP contribution < -0.4 is 10.1 Å². The smallest absolute Gasteiger partial charge is 0.256 e. The van der Waals surface area contributed by atoms with Gasteiger partial charge in [0.2, 0.25) is 5.89 Å². The van der Waals surface area contributed by atoms with Gasteiger partial charge in [0, 0.05) is 15.6 Å². The van der Waals surface area contributed by atoms with E-state index in [1.165, 1.54) is 0 Å². The molecule has 1 N–H and O–H groups in total. The number of ether oxygens (including phenoxy) is 1. The van der Waals surface area contributed by atoms with E-state index in [1.807, 2.05) is 73.7 Å². The first kappa shape index (κ1) is 19.9. The van der Waals surface area contributed by atoms with E-state index in [-0.39, 0.29) is 5.91 Å². The van der Waals surface area contributed by atoms with Gasteiger partial charge in [0.05, 0.1) is 24.1 Å². The fourth-order valence-electron chi connectivity index (χ4n) is 3.03. The Morgan fingerprint density at radius 1 is 1.03 bits per heavy atom. The molecule has 6 heteroatoms. The zero-order valence-corrected chi connectivity index (χ0v) is 17.8. The standard InChI is InChI=1S/C24H19BrN2O3/c1-2-29-17-13-11-16(12-14-17)22-15-26-24(30-22)19-8-4-3-7-18(19)23(28)27-21-10-6-5-9-20(21)25/h3-15H,2H2,1H3,(H,27,28). The molecule has 1 heterocycles. The van der Waals surface area contributed by atoms with E-state index in [0.29, 0.717) is 35.1 Å². The molecule has 0 fully saturated rings. The van der Waals surface area contributed by atoms with Crippen molar-refractivity contribution in [3.63, 3.8) is 0 Å². The van der Waals surface area contributed by atoms with Crippen LogP contribution in [0.3, 0.4) is 0 Å². The predicted molar refractivity (Wildman–Crippen MR) is 121 cm³/mol. The number of amides is 1. The first-order valence-corrected chi connectivity index (χ1v) is 10.3. The second-order valence-electron chi connectivity index (χ2n) is 6.47. The van der Waals surface area contributed by atoms with E-state index in [0.717, 1.165) is 15.8 Å². The first-order valence-electron chi connectivity index (χ1n) is 9.50. The van der Waals surface area contributed by atoms with Crippen LogP contribution >= 0.6 is 15.9 Å². The number of rotatable bonds is 6. The lowest BCUT2D eigenvalue weighted by atomic mass is 10.1. The average Bonchev–Trinajstić information content (AvgIpc) is 3.26. The number of aromatic nitrogens is 1. The summed E-state index contributed by atoms with van der Waals surface area (Å²) in [6.07, 6.45) is 1.66. The van der Waals surface area contributed by atoms with Crippen molar-refractivity contribution in [1.82, 2.24) is 4.98 Å². The molecular weight excluding hydrogens is 444 g/mol. The van der Waals surface area contributed by atoms with Gasteiger partial charge in [0.25, 0.3) is 5.91 Å². The van der Waals surface area contributed by atoms with Crippen LogP contribution in [0.2, 0.25) is 0 Å². The van der Waals surface area contributed by atoms with Crippen LogP contribution in [-0.4, -0.2) is 17.5 Å². The third-order valence-corrected chi connectivity index (χ3v) is 5.17.